The summed E-state index contributed by atoms with van der Waals surface area (Å²) in [5.74, 6) is -0.378. The quantitative estimate of drug-likeness (QED) is 0.737. The number of nitrogens with zero attached hydrogens (tertiary/aromatic N) is 4. The van der Waals surface area contributed by atoms with Gasteiger partial charge in [-0.3, -0.25) is 5.10 Å². The summed E-state index contributed by atoms with van der Waals surface area (Å²) >= 11 is 0. The Bertz CT molecular complexity index is 964. The van der Waals surface area contributed by atoms with Crippen molar-refractivity contribution < 1.29 is 8.78 Å². The summed E-state index contributed by atoms with van der Waals surface area (Å²) in [5.41, 5.74) is 2.96. The van der Waals surface area contributed by atoms with Gasteiger partial charge in [0.05, 0.1) is 5.52 Å². The Morgan fingerprint density at radius 3 is 2.77 bits per heavy atom. The smallest absolute Gasteiger partial charge is 0.248 e. The fourth-order valence-electron chi connectivity index (χ4n) is 4.62. The Hall–Kier alpha value is -2.31. The van der Waals surface area contributed by atoms with Crippen LogP contribution in [0.1, 0.15) is 49.7 Å². The van der Waals surface area contributed by atoms with E-state index in [1.807, 2.05) is 19.1 Å². The topological polar surface area (TPSA) is 59.4 Å². The van der Waals surface area contributed by atoms with E-state index in [-0.39, 0.29) is 24.8 Å². The first-order valence-corrected chi connectivity index (χ1v) is 9.28. The largest absolute Gasteiger partial charge is 0.308 e. The number of aromatic nitrogens is 5. The standard InChI is InChI=1S/C19H21F2N5/c1-11-14-10-13(2-3-15(14)23-22-11)18-25-24-17-5-4-16(26(17)18)12-6-8-19(20,21)9-7-12/h2-3,10,12,16H,4-9H2,1H3,(H,22,23). The molecule has 2 aromatic heterocycles. The predicted molar refractivity (Wildman–Crippen MR) is 94.1 cm³/mol. The van der Waals surface area contributed by atoms with Crippen molar-refractivity contribution in [1.82, 2.24) is 25.0 Å². The van der Waals surface area contributed by atoms with Crippen LogP contribution < -0.4 is 0 Å². The van der Waals surface area contributed by atoms with Crippen molar-refractivity contribution >= 4 is 10.9 Å². The highest BCUT2D eigenvalue weighted by Crippen LogP contribution is 2.45. The van der Waals surface area contributed by atoms with Crippen LogP contribution in [0.3, 0.4) is 0 Å². The van der Waals surface area contributed by atoms with E-state index < -0.39 is 5.92 Å². The second kappa shape index (κ2) is 5.59. The molecule has 3 heterocycles. The first kappa shape index (κ1) is 15.9. The Labute approximate surface area is 149 Å². The number of halogens is 2. The summed E-state index contributed by atoms with van der Waals surface area (Å²) in [6.07, 6.45) is 3.00. The number of hydrogen-bond acceptors (Lipinski definition) is 3. The third-order valence-corrected chi connectivity index (χ3v) is 6.07. The third-order valence-electron chi connectivity index (χ3n) is 6.07. The number of alkyl halides is 2. The summed E-state index contributed by atoms with van der Waals surface area (Å²) in [6.45, 7) is 2.00. The average molecular weight is 357 g/mol. The number of aryl methyl sites for hydroxylation is 2. The minimum atomic E-state index is -2.49. The number of aromatic amines is 1. The van der Waals surface area contributed by atoms with Crippen molar-refractivity contribution in [3.05, 3.63) is 29.7 Å². The highest BCUT2D eigenvalue weighted by molar-refractivity contribution is 5.85. The molecule has 5 rings (SSSR count). The van der Waals surface area contributed by atoms with Crippen LogP contribution in [0.2, 0.25) is 0 Å². The van der Waals surface area contributed by atoms with Crippen molar-refractivity contribution in [3.63, 3.8) is 0 Å². The predicted octanol–water partition coefficient (Wildman–Crippen LogP) is 4.44. The van der Waals surface area contributed by atoms with Crippen LogP contribution in [0.4, 0.5) is 8.78 Å². The van der Waals surface area contributed by atoms with Crippen molar-refractivity contribution in [2.75, 3.05) is 0 Å². The van der Waals surface area contributed by atoms with Gasteiger partial charge in [-0.15, -0.1) is 10.2 Å². The zero-order chi connectivity index (χ0) is 17.9. The van der Waals surface area contributed by atoms with Gasteiger partial charge in [0.25, 0.3) is 0 Å². The molecule has 5 nitrogen and oxygen atoms in total. The zero-order valence-electron chi connectivity index (χ0n) is 14.7. The van der Waals surface area contributed by atoms with Gasteiger partial charge in [0.1, 0.15) is 5.82 Å². The molecule has 1 saturated carbocycles. The van der Waals surface area contributed by atoms with E-state index in [4.69, 9.17) is 0 Å². The van der Waals surface area contributed by atoms with E-state index in [1.165, 1.54) is 0 Å². The van der Waals surface area contributed by atoms with Gasteiger partial charge in [0.15, 0.2) is 5.82 Å². The van der Waals surface area contributed by atoms with Crippen molar-refractivity contribution in [1.29, 1.82) is 0 Å². The van der Waals surface area contributed by atoms with Crippen molar-refractivity contribution in [3.8, 4) is 11.4 Å². The maximum Gasteiger partial charge on any atom is 0.248 e. The summed E-state index contributed by atoms with van der Waals surface area (Å²) in [5, 5.41) is 17.2. The van der Waals surface area contributed by atoms with Gasteiger partial charge in [-0.25, -0.2) is 8.78 Å². The molecule has 1 N–H and O–H groups in total. The Balaban J connectivity index is 1.51. The van der Waals surface area contributed by atoms with Gasteiger partial charge >= 0.3 is 0 Å². The first-order chi connectivity index (χ1) is 12.5. The summed E-state index contributed by atoms with van der Waals surface area (Å²) < 4.78 is 29.3. The fraction of sp³-hybridized carbons (Fsp3) is 0.526. The number of nitrogens with one attached hydrogen (secondary N) is 1. The summed E-state index contributed by atoms with van der Waals surface area (Å²) in [7, 11) is 0. The molecule has 1 aromatic carbocycles. The molecule has 1 atom stereocenters. The van der Waals surface area contributed by atoms with Gasteiger partial charge in [0, 0.05) is 41.9 Å². The Morgan fingerprint density at radius 1 is 1.15 bits per heavy atom. The van der Waals surface area contributed by atoms with Crippen LogP contribution in [0, 0.1) is 12.8 Å². The minimum Gasteiger partial charge on any atom is -0.308 e. The average Bonchev–Trinajstić information content (AvgIpc) is 3.31. The van der Waals surface area contributed by atoms with Crippen LogP contribution in [0.5, 0.6) is 0 Å². The van der Waals surface area contributed by atoms with Gasteiger partial charge in [-0.2, -0.15) is 5.10 Å². The molecular formula is C19H21F2N5. The van der Waals surface area contributed by atoms with E-state index in [0.717, 1.165) is 46.7 Å². The van der Waals surface area contributed by atoms with Crippen LogP contribution >= 0.6 is 0 Å². The second-order valence-corrected chi connectivity index (χ2v) is 7.69. The lowest BCUT2D eigenvalue weighted by Crippen LogP contribution is -2.29. The Kier molecular flexibility index (Phi) is 3.42. The highest BCUT2D eigenvalue weighted by atomic mass is 19.3. The summed E-state index contributed by atoms with van der Waals surface area (Å²) in [4.78, 5) is 0. The minimum absolute atomic E-state index is 0.00112. The van der Waals surface area contributed by atoms with Gasteiger partial charge in [-0.05, 0) is 50.3 Å². The van der Waals surface area contributed by atoms with Crippen molar-refractivity contribution in [2.24, 2.45) is 5.92 Å². The monoisotopic (exact) mass is 357 g/mol. The molecule has 0 bridgehead atoms. The molecule has 1 aliphatic carbocycles. The van der Waals surface area contributed by atoms with E-state index in [1.54, 1.807) is 0 Å². The molecule has 26 heavy (non-hydrogen) atoms. The van der Waals surface area contributed by atoms with E-state index in [0.29, 0.717) is 12.8 Å². The molecule has 136 valence electrons. The second-order valence-electron chi connectivity index (χ2n) is 7.69. The first-order valence-electron chi connectivity index (χ1n) is 9.28. The van der Waals surface area contributed by atoms with Gasteiger partial charge in [-0.1, -0.05) is 0 Å². The van der Waals surface area contributed by atoms with Crippen molar-refractivity contribution in [2.45, 2.75) is 57.4 Å². The highest BCUT2D eigenvalue weighted by Gasteiger charge is 2.41. The fourth-order valence-corrected chi connectivity index (χ4v) is 4.62. The molecule has 1 aliphatic heterocycles. The lowest BCUT2D eigenvalue weighted by Gasteiger charge is -2.33. The molecule has 7 heteroatoms. The molecule has 3 aromatic rings. The third kappa shape index (κ3) is 2.44. The van der Waals surface area contributed by atoms with Gasteiger partial charge < -0.3 is 4.57 Å². The molecule has 0 radical (unpaired) electrons. The molecule has 0 saturated heterocycles. The van der Waals surface area contributed by atoms with Crippen LogP contribution in [0.25, 0.3) is 22.3 Å². The molecular weight excluding hydrogens is 336 g/mol. The van der Waals surface area contributed by atoms with Gasteiger partial charge in [0.2, 0.25) is 5.92 Å². The molecule has 0 amide bonds. The molecule has 1 fully saturated rings. The number of benzene rings is 1. The van der Waals surface area contributed by atoms with Crippen LogP contribution in [-0.2, 0) is 6.42 Å². The lowest BCUT2D eigenvalue weighted by molar-refractivity contribution is -0.0509. The maximum atomic E-state index is 13.6. The SMILES string of the molecule is Cc1[nH]nc2ccc(-c3nnc4n3C(C3CCC(F)(F)CC3)CC4)cc12. The number of rotatable bonds is 2. The van der Waals surface area contributed by atoms with Crippen LogP contribution in [0.15, 0.2) is 18.2 Å². The number of H-pyrrole nitrogens is 1. The zero-order valence-corrected chi connectivity index (χ0v) is 14.7. The molecule has 1 unspecified atom stereocenters. The van der Waals surface area contributed by atoms with E-state index in [9.17, 15) is 8.78 Å². The van der Waals surface area contributed by atoms with E-state index in [2.05, 4.69) is 31.0 Å². The molecule has 0 spiro atoms. The Morgan fingerprint density at radius 2 is 1.96 bits per heavy atom. The maximum absolute atomic E-state index is 13.6. The summed E-state index contributed by atoms with van der Waals surface area (Å²) in [6, 6.07) is 6.33. The normalized spacial score (nSPS) is 22.8. The molecule has 2 aliphatic rings. The lowest BCUT2D eigenvalue weighted by atomic mass is 9.81. The van der Waals surface area contributed by atoms with Crippen LogP contribution in [-0.4, -0.2) is 30.9 Å². The van der Waals surface area contributed by atoms with E-state index >= 15 is 0 Å². The number of fused-ring (bicyclic) bond motifs is 2. The number of hydrogen-bond donors (Lipinski definition) is 1.